The van der Waals surface area contributed by atoms with E-state index in [1.807, 2.05) is 6.92 Å². The van der Waals surface area contributed by atoms with Crippen LogP contribution in [0.25, 0.3) is 21.9 Å². The number of ether oxygens (including phenoxy) is 1. The maximum absolute atomic E-state index is 15.4. The van der Waals surface area contributed by atoms with Gasteiger partial charge in [-0.2, -0.15) is 0 Å². The number of alkyl halides is 2. The standard InChI is InChI=1S/C26H28F3N7O2/c1-13-17(8-33-24-23(13)31-2-3-38-24)16-4-14-5-20(32-9-18(14)22(30)21(16)29)35-25(37)34-15-6-26(7-15)11-36(12-26)10-19(27)28/h4-5,8-9,15,19,31H,2-3,6-7,10-12,30H2,1H3,(H2,32,34,35,37). The first-order chi connectivity index (χ1) is 18.2. The Morgan fingerprint density at radius 1 is 1.26 bits per heavy atom. The first kappa shape index (κ1) is 24.5. The molecular formula is C26H28F3N7O2. The lowest BCUT2D eigenvalue weighted by Gasteiger charge is -2.59. The Hall–Kier alpha value is -3.80. The summed E-state index contributed by atoms with van der Waals surface area (Å²) in [5, 5.41) is 9.95. The molecule has 12 heteroatoms. The second-order valence-electron chi connectivity index (χ2n) is 10.5. The summed E-state index contributed by atoms with van der Waals surface area (Å²) in [5.74, 6) is 0.206. The number of pyridine rings is 2. The van der Waals surface area contributed by atoms with Gasteiger partial charge in [-0.1, -0.05) is 0 Å². The predicted octanol–water partition coefficient (Wildman–Crippen LogP) is 3.98. The summed E-state index contributed by atoms with van der Waals surface area (Å²) >= 11 is 0. The molecule has 1 saturated carbocycles. The van der Waals surface area contributed by atoms with Crippen LogP contribution < -0.4 is 26.4 Å². The molecule has 1 aromatic carbocycles. The number of carbonyl (C=O) groups is 1. The zero-order valence-corrected chi connectivity index (χ0v) is 20.8. The maximum Gasteiger partial charge on any atom is 0.320 e. The maximum atomic E-state index is 15.4. The number of nitrogens with two attached hydrogens (primary N) is 1. The first-order valence-electron chi connectivity index (χ1n) is 12.5. The molecule has 0 unspecified atom stereocenters. The number of benzene rings is 1. The van der Waals surface area contributed by atoms with Gasteiger partial charge in [-0.15, -0.1) is 0 Å². The van der Waals surface area contributed by atoms with Crippen LogP contribution in [-0.4, -0.2) is 66.2 Å². The zero-order valence-electron chi connectivity index (χ0n) is 20.8. The van der Waals surface area contributed by atoms with Crippen molar-refractivity contribution in [2.75, 3.05) is 49.2 Å². The molecule has 3 aromatic rings. The summed E-state index contributed by atoms with van der Waals surface area (Å²) in [6.07, 6.45) is 2.20. The molecule has 6 rings (SSSR count). The summed E-state index contributed by atoms with van der Waals surface area (Å²) in [6.45, 7) is 4.10. The quantitative estimate of drug-likeness (QED) is 0.371. The minimum atomic E-state index is -2.32. The number of likely N-dealkylation sites (tertiary alicyclic amines) is 1. The van der Waals surface area contributed by atoms with Gasteiger partial charge in [-0.25, -0.2) is 27.9 Å². The zero-order chi connectivity index (χ0) is 26.6. The van der Waals surface area contributed by atoms with Crippen molar-refractivity contribution >= 4 is 34.0 Å². The van der Waals surface area contributed by atoms with Gasteiger partial charge < -0.3 is 21.1 Å². The van der Waals surface area contributed by atoms with E-state index in [2.05, 4.69) is 25.9 Å². The molecule has 200 valence electrons. The molecule has 4 heterocycles. The molecule has 1 saturated heterocycles. The molecule has 9 nitrogen and oxygen atoms in total. The fourth-order valence-corrected chi connectivity index (χ4v) is 5.96. The Morgan fingerprint density at radius 2 is 2.05 bits per heavy atom. The van der Waals surface area contributed by atoms with Crippen molar-refractivity contribution < 1.29 is 22.7 Å². The lowest BCUT2D eigenvalue weighted by atomic mass is 9.60. The number of aromatic nitrogens is 2. The third kappa shape index (κ3) is 4.32. The number of carbonyl (C=O) groups excluding carboxylic acids is 1. The molecule has 2 amide bonds. The largest absolute Gasteiger partial charge is 0.474 e. The lowest BCUT2D eigenvalue weighted by Crippen LogP contribution is -2.67. The smallest absolute Gasteiger partial charge is 0.320 e. The fourth-order valence-electron chi connectivity index (χ4n) is 5.96. The van der Waals surface area contributed by atoms with E-state index in [4.69, 9.17) is 10.5 Å². The van der Waals surface area contributed by atoms with Crippen molar-refractivity contribution in [1.29, 1.82) is 0 Å². The van der Waals surface area contributed by atoms with Gasteiger partial charge in [-0.3, -0.25) is 10.2 Å². The molecule has 3 aliphatic rings. The minimum Gasteiger partial charge on any atom is -0.474 e. The highest BCUT2D eigenvalue weighted by molar-refractivity contribution is 6.00. The Labute approximate surface area is 216 Å². The number of rotatable bonds is 5. The number of fused-ring (bicyclic) bond motifs is 2. The fraction of sp³-hybridized carbons (Fsp3) is 0.423. The number of nitrogens with one attached hydrogen (secondary N) is 3. The van der Waals surface area contributed by atoms with Gasteiger partial charge >= 0.3 is 6.03 Å². The second kappa shape index (κ2) is 9.19. The summed E-state index contributed by atoms with van der Waals surface area (Å²) in [4.78, 5) is 22.9. The van der Waals surface area contributed by atoms with Crippen LogP contribution in [0.3, 0.4) is 0 Å². The van der Waals surface area contributed by atoms with E-state index in [1.54, 1.807) is 23.2 Å². The van der Waals surface area contributed by atoms with Gasteiger partial charge in [0.25, 0.3) is 6.43 Å². The van der Waals surface area contributed by atoms with Gasteiger partial charge in [0.05, 0.1) is 12.2 Å². The SMILES string of the molecule is Cc1c(-c2cc3cc(NC(=O)NC4CC5(C4)CN(CC(F)F)C5)ncc3c(N)c2F)cnc2c1NCCO2. The van der Waals surface area contributed by atoms with Crippen LogP contribution in [0, 0.1) is 18.2 Å². The Kier molecular flexibility index (Phi) is 5.93. The summed E-state index contributed by atoms with van der Waals surface area (Å²) in [6, 6.07) is 2.89. The Morgan fingerprint density at radius 3 is 2.82 bits per heavy atom. The third-order valence-electron chi connectivity index (χ3n) is 7.69. The van der Waals surface area contributed by atoms with E-state index < -0.39 is 18.3 Å². The molecular weight excluding hydrogens is 499 g/mol. The van der Waals surface area contributed by atoms with Crippen molar-refractivity contribution in [3.63, 3.8) is 0 Å². The van der Waals surface area contributed by atoms with Crippen LogP contribution in [0.5, 0.6) is 5.88 Å². The molecule has 0 radical (unpaired) electrons. The predicted molar refractivity (Wildman–Crippen MR) is 138 cm³/mol. The molecule has 0 bridgehead atoms. The van der Waals surface area contributed by atoms with Gasteiger partial charge in [0.2, 0.25) is 5.88 Å². The van der Waals surface area contributed by atoms with Crippen molar-refractivity contribution in [3.8, 4) is 17.0 Å². The average molecular weight is 528 g/mol. The lowest BCUT2D eigenvalue weighted by molar-refractivity contribution is -0.0936. The van der Waals surface area contributed by atoms with Gasteiger partial charge in [0.15, 0.2) is 5.82 Å². The van der Waals surface area contributed by atoms with Crippen LogP contribution >= 0.6 is 0 Å². The molecule has 38 heavy (non-hydrogen) atoms. The highest BCUT2D eigenvalue weighted by Crippen LogP contribution is 2.48. The van der Waals surface area contributed by atoms with Crippen molar-refractivity contribution in [1.82, 2.24) is 20.2 Å². The summed E-state index contributed by atoms with van der Waals surface area (Å²) < 4.78 is 46.0. The van der Waals surface area contributed by atoms with Crippen LogP contribution in [0.4, 0.5) is 35.2 Å². The summed E-state index contributed by atoms with van der Waals surface area (Å²) in [7, 11) is 0. The first-order valence-corrected chi connectivity index (χ1v) is 12.5. The van der Waals surface area contributed by atoms with E-state index in [-0.39, 0.29) is 29.3 Å². The second-order valence-corrected chi connectivity index (χ2v) is 10.5. The number of urea groups is 1. The van der Waals surface area contributed by atoms with Crippen LogP contribution in [0.15, 0.2) is 24.5 Å². The molecule has 2 aliphatic heterocycles. The van der Waals surface area contributed by atoms with E-state index in [9.17, 15) is 13.6 Å². The van der Waals surface area contributed by atoms with Crippen molar-refractivity contribution in [2.45, 2.75) is 32.2 Å². The molecule has 2 fully saturated rings. The topological polar surface area (TPSA) is 117 Å². The number of anilines is 3. The number of halogens is 3. The third-order valence-corrected chi connectivity index (χ3v) is 7.69. The van der Waals surface area contributed by atoms with E-state index in [1.165, 1.54) is 6.20 Å². The number of amides is 2. The van der Waals surface area contributed by atoms with E-state index in [0.717, 1.165) is 24.1 Å². The molecule has 1 aliphatic carbocycles. The van der Waals surface area contributed by atoms with E-state index >= 15 is 4.39 Å². The van der Waals surface area contributed by atoms with Crippen LogP contribution in [0.1, 0.15) is 18.4 Å². The van der Waals surface area contributed by atoms with Crippen molar-refractivity contribution in [3.05, 3.63) is 35.9 Å². The number of hydrogen-bond donors (Lipinski definition) is 4. The monoisotopic (exact) mass is 527 g/mol. The molecule has 5 N–H and O–H groups in total. The number of nitrogen functional groups attached to an aromatic ring is 1. The van der Waals surface area contributed by atoms with Gasteiger partial charge in [-0.05, 0) is 48.3 Å². The van der Waals surface area contributed by atoms with E-state index in [0.29, 0.717) is 54.3 Å². The van der Waals surface area contributed by atoms with Gasteiger partial charge in [0.1, 0.15) is 18.1 Å². The Balaban J connectivity index is 1.16. The normalized spacial score (nSPS) is 18.3. The summed E-state index contributed by atoms with van der Waals surface area (Å²) in [5.41, 5.74) is 8.54. The molecule has 1 spiro atoms. The highest BCUT2D eigenvalue weighted by atomic mass is 19.3. The average Bonchev–Trinajstić information content (AvgIpc) is 2.84. The minimum absolute atomic E-state index is 0.0161. The number of hydrogen-bond acceptors (Lipinski definition) is 7. The number of nitrogens with zero attached hydrogens (tertiary/aromatic N) is 3. The van der Waals surface area contributed by atoms with Gasteiger partial charge in [0, 0.05) is 54.6 Å². The van der Waals surface area contributed by atoms with Crippen molar-refractivity contribution in [2.24, 2.45) is 5.41 Å². The Bertz CT molecular complexity index is 1420. The van der Waals surface area contributed by atoms with Crippen LogP contribution in [-0.2, 0) is 0 Å². The molecule has 0 atom stereocenters. The highest BCUT2D eigenvalue weighted by Gasteiger charge is 2.52. The molecule has 2 aromatic heterocycles. The van der Waals surface area contributed by atoms with Crippen LogP contribution in [0.2, 0.25) is 0 Å².